The number of hydrogen-bond acceptors (Lipinski definition) is 3. The van der Waals surface area contributed by atoms with E-state index in [0.29, 0.717) is 16.9 Å². The van der Waals surface area contributed by atoms with Gasteiger partial charge in [0.05, 0.1) is 0 Å². The van der Waals surface area contributed by atoms with E-state index in [0.717, 1.165) is 0 Å². The molecule has 0 aliphatic carbocycles. The minimum atomic E-state index is -0.530. The van der Waals surface area contributed by atoms with Crippen molar-refractivity contribution in [3.63, 3.8) is 0 Å². The molecule has 0 heterocycles. The van der Waals surface area contributed by atoms with Gasteiger partial charge in [0.15, 0.2) is 5.78 Å². The van der Waals surface area contributed by atoms with Gasteiger partial charge in [-0.3, -0.25) is 9.59 Å². The van der Waals surface area contributed by atoms with Crippen LogP contribution in [0.2, 0.25) is 0 Å². The van der Waals surface area contributed by atoms with Crippen LogP contribution in [0.4, 0.5) is 4.39 Å². The van der Waals surface area contributed by atoms with Crippen LogP contribution in [0.15, 0.2) is 48.5 Å². The summed E-state index contributed by atoms with van der Waals surface area (Å²) in [4.78, 5) is 22.7. The molecule has 0 bridgehead atoms. The molecule has 4 nitrogen and oxygen atoms in total. The van der Waals surface area contributed by atoms with Crippen LogP contribution in [-0.4, -0.2) is 18.3 Å². The van der Waals surface area contributed by atoms with Crippen LogP contribution in [0.25, 0.3) is 0 Å². The lowest BCUT2D eigenvalue weighted by Gasteiger charge is -2.06. The quantitative estimate of drug-likeness (QED) is 0.884. The Labute approximate surface area is 121 Å². The predicted octanol–water partition coefficient (Wildman–Crippen LogP) is 2.12. The molecule has 2 aromatic rings. The minimum absolute atomic E-state index is 0.0218. The molecule has 2 N–H and O–H groups in total. The third-order valence-corrected chi connectivity index (χ3v) is 2.88. The Bertz CT molecular complexity index is 653. The zero-order chi connectivity index (χ0) is 15.2. The highest BCUT2D eigenvalue weighted by molar-refractivity contribution is 5.92. The fourth-order valence-corrected chi connectivity index (χ4v) is 1.78. The van der Waals surface area contributed by atoms with Crippen LogP contribution in [0.3, 0.4) is 0 Å². The van der Waals surface area contributed by atoms with Gasteiger partial charge in [-0.15, -0.1) is 0 Å². The van der Waals surface area contributed by atoms with Crippen molar-refractivity contribution < 1.29 is 18.7 Å². The Morgan fingerprint density at radius 1 is 1.05 bits per heavy atom. The Kier molecular flexibility index (Phi) is 4.66. The van der Waals surface area contributed by atoms with Crippen LogP contribution in [0.5, 0.6) is 5.75 Å². The molecule has 2 rings (SSSR count). The fraction of sp³-hybridized carbons (Fsp3) is 0.125. The summed E-state index contributed by atoms with van der Waals surface area (Å²) in [6, 6.07) is 12.3. The number of rotatable bonds is 6. The molecular formula is C16H14FNO3. The first-order chi connectivity index (χ1) is 10.1. The molecular weight excluding hydrogens is 273 g/mol. The van der Waals surface area contributed by atoms with Crippen LogP contribution < -0.4 is 10.5 Å². The van der Waals surface area contributed by atoms with Crippen molar-refractivity contribution in [1.29, 1.82) is 0 Å². The summed E-state index contributed by atoms with van der Waals surface area (Å²) in [6.45, 7) is -0.162. The van der Waals surface area contributed by atoms with Crippen LogP contribution >= 0.6 is 0 Å². The van der Waals surface area contributed by atoms with E-state index in [-0.39, 0.29) is 18.8 Å². The van der Waals surface area contributed by atoms with Crippen molar-refractivity contribution in [2.75, 3.05) is 6.61 Å². The smallest absolute Gasteiger partial charge is 0.248 e. The molecule has 0 atom stereocenters. The second kappa shape index (κ2) is 6.65. The van der Waals surface area contributed by atoms with Crippen LogP contribution in [-0.2, 0) is 11.2 Å². The Morgan fingerprint density at radius 3 is 2.33 bits per heavy atom. The number of carbonyl (C=O) groups is 2. The van der Waals surface area contributed by atoms with Crippen LogP contribution in [0.1, 0.15) is 15.9 Å². The molecule has 21 heavy (non-hydrogen) atoms. The highest BCUT2D eigenvalue weighted by atomic mass is 19.1. The first-order valence-corrected chi connectivity index (χ1v) is 6.34. The summed E-state index contributed by atoms with van der Waals surface area (Å²) in [5.41, 5.74) is 5.82. The number of halogens is 1. The van der Waals surface area contributed by atoms with Gasteiger partial charge in [0.1, 0.15) is 18.2 Å². The maximum atomic E-state index is 13.4. The molecule has 0 radical (unpaired) electrons. The maximum Gasteiger partial charge on any atom is 0.248 e. The van der Waals surface area contributed by atoms with Crippen molar-refractivity contribution in [3.05, 3.63) is 65.5 Å². The SMILES string of the molecule is NC(=O)c1ccc(OCC(=O)Cc2ccccc2F)cc1. The highest BCUT2D eigenvalue weighted by Gasteiger charge is 2.09. The zero-order valence-electron chi connectivity index (χ0n) is 11.2. The van der Waals surface area contributed by atoms with E-state index in [9.17, 15) is 14.0 Å². The monoisotopic (exact) mass is 287 g/mol. The standard InChI is InChI=1S/C16H14FNO3/c17-15-4-2-1-3-12(15)9-13(19)10-21-14-7-5-11(6-8-14)16(18)20/h1-8H,9-10H2,(H2,18,20). The molecule has 0 aromatic heterocycles. The average Bonchev–Trinajstić information content (AvgIpc) is 2.48. The van der Waals surface area contributed by atoms with Crippen LogP contribution in [0, 0.1) is 5.82 Å². The van der Waals surface area contributed by atoms with E-state index in [2.05, 4.69) is 0 Å². The van der Waals surface area contributed by atoms with E-state index in [1.807, 2.05) is 0 Å². The summed E-state index contributed by atoms with van der Waals surface area (Å²) >= 11 is 0. The van der Waals surface area contributed by atoms with Gasteiger partial charge >= 0.3 is 0 Å². The number of hydrogen-bond donors (Lipinski definition) is 1. The number of amides is 1. The van der Waals surface area contributed by atoms with E-state index < -0.39 is 11.7 Å². The van der Waals surface area contributed by atoms with Gasteiger partial charge in [-0.1, -0.05) is 18.2 Å². The number of primary amides is 1. The third-order valence-electron chi connectivity index (χ3n) is 2.88. The highest BCUT2D eigenvalue weighted by Crippen LogP contribution is 2.12. The Balaban J connectivity index is 1.89. The third kappa shape index (κ3) is 4.14. The zero-order valence-corrected chi connectivity index (χ0v) is 11.2. The van der Waals surface area contributed by atoms with Crippen molar-refractivity contribution in [2.24, 2.45) is 5.73 Å². The summed E-state index contributed by atoms with van der Waals surface area (Å²) in [5.74, 6) is -0.727. The topological polar surface area (TPSA) is 69.4 Å². The molecule has 0 spiro atoms. The van der Waals surface area contributed by atoms with Gasteiger partial charge in [0.25, 0.3) is 0 Å². The lowest BCUT2D eigenvalue weighted by Crippen LogP contribution is -2.15. The summed E-state index contributed by atoms with van der Waals surface area (Å²) in [6.07, 6.45) is -0.0218. The molecule has 0 fully saturated rings. The summed E-state index contributed by atoms with van der Waals surface area (Å²) in [7, 11) is 0. The molecule has 1 amide bonds. The molecule has 0 aliphatic rings. The molecule has 0 unspecified atom stereocenters. The minimum Gasteiger partial charge on any atom is -0.486 e. The predicted molar refractivity (Wildman–Crippen MR) is 75.6 cm³/mol. The van der Waals surface area contributed by atoms with Crippen molar-refractivity contribution in [3.8, 4) is 5.75 Å². The van der Waals surface area contributed by atoms with E-state index >= 15 is 0 Å². The first kappa shape index (κ1) is 14.7. The summed E-state index contributed by atoms with van der Waals surface area (Å²) in [5, 5.41) is 0. The largest absolute Gasteiger partial charge is 0.486 e. The maximum absolute atomic E-state index is 13.4. The second-order valence-corrected chi connectivity index (χ2v) is 4.48. The average molecular weight is 287 g/mol. The molecule has 0 saturated carbocycles. The summed E-state index contributed by atoms with van der Waals surface area (Å²) < 4.78 is 18.7. The molecule has 2 aromatic carbocycles. The number of Topliss-reactive ketones (excluding diaryl/α,β-unsaturated/α-hetero) is 1. The lowest BCUT2D eigenvalue weighted by atomic mass is 10.1. The van der Waals surface area contributed by atoms with Gasteiger partial charge in [0, 0.05) is 12.0 Å². The molecule has 5 heteroatoms. The van der Waals surface area contributed by atoms with Crippen molar-refractivity contribution in [2.45, 2.75) is 6.42 Å². The van der Waals surface area contributed by atoms with E-state index in [4.69, 9.17) is 10.5 Å². The van der Waals surface area contributed by atoms with Gasteiger partial charge in [-0.2, -0.15) is 0 Å². The number of carbonyl (C=O) groups excluding carboxylic acids is 2. The Hall–Kier alpha value is -2.69. The fourth-order valence-electron chi connectivity index (χ4n) is 1.78. The van der Waals surface area contributed by atoms with E-state index in [1.165, 1.54) is 18.2 Å². The number of ketones is 1. The number of benzene rings is 2. The van der Waals surface area contributed by atoms with Crippen molar-refractivity contribution >= 4 is 11.7 Å². The molecule has 108 valence electrons. The second-order valence-electron chi connectivity index (χ2n) is 4.48. The van der Waals surface area contributed by atoms with Gasteiger partial charge < -0.3 is 10.5 Å². The van der Waals surface area contributed by atoms with Gasteiger partial charge in [-0.25, -0.2) is 4.39 Å². The number of ether oxygens (including phenoxy) is 1. The first-order valence-electron chi connectivity index (χ1n) is 6.34. The van der Waals surface area contributed by atoms with Crippen molar-refractivity contribution in [1.82, 2.24) is 0 Å². The van der Waals surface area contributed by atoms with Gasteiger partial charge in [0.2, 0.25) is 5.91 Å². The molecule has 0 saturated heterocycles. The normalized spacial score (nSPS) is 10.1. The van der Waals surface area contributed by atoms with E-state index in [1.54, 1.807) is 30.3 Å². The Morgan fingerprint density at radius 2 is 1.71 bits per heavy atom. The molecule has 0 aliphatic heterocycles. The van der Waals surface area contributed by atoms with Gasteiger partial charge in [-0.05, 0) is 35.9 Å². The number of nitrogens with two attached hydrogens (primary N) is 1. The lowest BCUT2D eigenvalue weighted by molar-refractivity contribution is -0.120.